The smallest absolute Gasteiger partial charge is 0.311 e. The van der Waals surface area contributed by atoms with Gasteiger partial charge in [0.25, 0.3) is 0 Å². The number of nitrogens with zero attached hydrogens (tertiary/aromatic N) is 3. The highest BCUT2D eigenvalue weighted by atomic mass is 32.1. The molecule has 0 radical (unpaired) electrons. The molecule has 1 N–H and O–H groups in total. The Kier molecular flexibility index (Phi) is 8.22. The third-order valence-electron chi connectivity index (χ3n) is 3.43. The molecule has 0 saturated carbocycles. The van der Waals surface area contributed by atoms with Crippen molar-refractivity contribution in [2.24, 2.45) is 5.10 Å². The zero-order valence-corrected chi connectivity index (χ0v) is 17.0. The van der Waals surface area contributed by atoms with Crippen LogP contribution in [0.15, 0.2) is 28.7 Å². The standard InChI is InChI=1S/C19H26N4O3S/c1-5-25-17-8-7-14(9-15(17)12-23(3)4)11-20-22-19-21-16(13-27-19)10-18(24)26-6-2/h7-9,11,13H,5-6,10,12H2,1-4H3,(H,21,22). The van der Waals surface area contributed by atoms with Crippen molar-refractivity contribution in [1.82, 2.24) is 9.88 Å². The third-order valence-corrected chi connectivity index (χ3v) is 4.22. The number of hydrogen-bond donors (Lipinski definition) is 1. The molecule has 2 rings (SSSR count). The van der Waals surface area contributed by atoms with Crippen LogP contribution < -0.4 is 10.2 Å². The van der Waals surface area contributed by atoms with Crippen molar-refractivity contribution in [1.29, 1.82) is 0 Å². The second-order valence-corrected chi connectivity index (χ2v) is 6.89. The molecule has 8 heteroatoms. The molecule has 7 nitrogen and oxygen atoms in total. The van der Waals surface area contributed by atoms with E-state index in [0.717, 1.165) is 23.4 Å². The van der Waals surface area contributed by atoms with E-state index in [9.17, 15) is 4.79 Å². The van der Waals surface area contributed by atoms with E-state index in [-0.39, 0.29) is 12.4 Å². The molecule has 0 spiro atoms. The molecule has 146 valence electrons. The van der Waals surface area contributed by atoms with E-state index in [1.807, 2.05) is 38.5 Å². The Morgan fingerprint density at radius 1 is 1.33 bits per heavy atom. The maximum Gasteiger partial charge on any atom is 0.311 e. The second-order valence-electron chi connectivity index (χ2n) is 6.03. The van der Waals surface area contributed by atoms with Crippen LogP contribution in [-0.2, 0) is 22.5 Å². The lowest BCUT2D eigenvalue weighted by Gasteiger charge is -2.15. The summed E-state index contributed by atoms with van der Waals surface area (Å²) < 4.78 is 10.6. The highest BCUT2D eigenvalue weighted by molar-refractivity contribution is 7.13. The van der Waals surface area contributed by atoms with E-state index in [1.54, 1.807) is 13.1 Å². The minimum Gasteiger partial charge on any atom is -0.494 e. The van der Waals surface area contributed by atoms with Gasteiger partial charge in [0.1, 0.15) is 5.75 Å². The SMILES string of the molecule is CCOC(=O)Cc1csc(NN=Cc2ccc(OCC)c(CN(C)C)c2)n1. The second kappa shape index (κ2) is 10.6. The molecule has 0 amide bonds. The lowest BCUT2D eigenvalue weighted by atomic mass is 10.1. The van der Waals surface area contributed by atoms with E-state index in [4.69, 9.17) is 9.47 Å². The lowest BCUT2D eigenvalue weighted by Crippen LogP contribution is -2.12. The van der Waals surface area contributed by atoms with Gasteiger partial charge in [0, 0.05) is 17.5 Å². The zero-order valence-electron chi connectivity index (χ0n) is 16.2. The summed E-state index contributed by atoms with van der Waals surface area (Å²) in [6.45, 7) is 5.55. The molecule has 0 atom stereocenters. The summed E-state index contributed by atoms with van der Waals surface area (Å²) in [4.78, 5) is 17.9. The van der Waals surface area contributed by atoms with Crippen LogP contribution in [0.5, 0.6) is 5.75 Å². The normalized spacial score (nSPS) is 11.1. The molecule has 1 heterocycles. The van der Waals surface area contributed by atoms with Gasteiger partial charge < -0.3 is 14.4 Å². The summed E-state index contributed by atoms with van der Waals surface area (Å²) in [6.07, 6.45) is 1.91. The Labute approximate surface area is 164 Å². The number of carbonyl (C=O) groups is 1. The molecule has 2 aromatic rings. The van der Waals surface area contributed by atoms with Gasteiger partial charge in [0.05, 0.1) is 31.5 Å². The molecule has 0 bridgehead atoms. The van der Waals surface area contributed by atoms with Gasteiger partial charge in [-0.1, -0.05) is 0 Å². The Morgan fingerprint density at radius 2 is 2.15 bits per heavy atom. The molecule has 0 unspecified atom stereocenters. The third kappa shape index (κ3) is 6.99. The van der Waals surface area contributed by atoms with Crippen molar-refractivity contribution in [3.05, 3.63) is 40.4 Å². The van der Waals surface area contributed by atoms with E-state index in [1.165, 1.54) is 11.3 Å². The van der Waals surface area contributed by atoms with Gasteiger partial charge in [0.15, 0.2) is 0 Å². The number of thiazole rings is 1. The Hall–Kier alpha value is -2.45. The largest absolute Gasteiger partial charge is 0.494 e. The monoisotopic (exact) mass is 390 g/mol. The molecule has 0 saturated heterocycles. The molecule has 0 aliphatic carbocycles. The number of aromatic nitrogens is 1. The van der Waals surface area contributed by atoms with Crippen LogP contribution in [0, 0.1) is 0 Å². The summed E-state index contributed by atoms with van der Waals surface area (Å²) in [6, 6.07) is 5.98. The fourth-order valence-corrected chi connectivity index (χ4v) is 3.06. The summed E-state index contributed by atoms with van der Waals surface area (Å²) >= 11 is 1.39. The molecule has 0 fully saturated rings. The minimum atomic E-state index is -0.277. The number of ether oxygens (including phenoxy) is 2. The van der Waals surface area contributed by atoms with Crippen molar-refractivity contribution < 1.29 is 14.3 Å². The van der Waals surface area contributed by atoms with Crippen molar-refractivity contribution in [2.75, 3.05) is 32.7 Å². The number of rotatable bonds is 10. The first-order chi connectivity index (χ1) is 13.0. The van der Waals surface area contributed by atoms with Crippen LogP contribution in [0.1, 0.15) is 30.7 Å². The average molecular weight is 391 g/mol. The minimum absolute atomic E-state index is 0.169. The van der Waals surface area contributed by atoms with Gasteiger partial charge in [0.2, 0.25) is 5.13 Å². The Morgan fingerprint density at radius 3 is 2.85 bits per heavy atom. The highest BCUT2D eigenvalue weighted by Crippen LogP contribution is 2.21. The van der Waals surface area contributed by atoms with Crippen LogP contribution in [0.4, 0.5) is 5.13 Å². The fraction of sp³-hybridized carbons (Fsp3) is 0.421. The Balaban J connectivity index is 1.99. The van der Waals surface area contributed by atoms with Gasteiger partial charge in [-0.2, -0.15) is 5.10 Å². The van der Waals surface area contributed by atoms with Crippen LogP contribution in [0.3, 0.4) is 0 Å². The van der Waals surface area contributed by atoms with Crippen LogP contribution >= 0.6 is 11.3 Å². The summed E-state index contributed by atoms with van der Waals surface area (Å²) in [5.74, 6) is 0.612. The van der Waals surface area contributed by atoms with Crippen molar-refractivity contribution in [2.45, 2.75) is 26.8 Å². The first-order valence-corrected chi connectivity index (χ1v) is 9.69. The zero-order chi connectivity index (χ0) is 19.6. The van der Waals surface area contributed by atoms with Crippen LogP contribution in [-0.4, -0.2) is 49.4 Å². The number of benzene rings is 1. The van der Waals surface area contributed by atoms with E-state index >= 15 is 0 Å². The predicted molar refractivity (Wildman–Crippen MR) is 109 cm³/mol. The first kappa shape index (κ1) is 20.9. The predicted octanol–water partition coefficient (Wildman–Crippen LogP) is 3.16. The summed E-state index contributed by atoms with van der Waals surface area (Å²) in [5, 5.41) is 6.69. The van der Waals surface area contributed by atoms with E-state index in [0.29, 0.717) is 24.0 Å². The number of hydrazone groups is 1. The molecule has 0 aliphatic heterocycles. The van der Waals surface area contributed by atoms with Crippen molar-refractivity contribution in [3.8, 4) is 5.75 Å². The number of nitrogens with one attached hydrogen (secondary N) is 1. The number of hydrogen-bond acceptors (Lipinski definition) is 8. The van der Waals surface area contributed by atoms with Crippen molar-refractivity contribution in [3.63, 3.8) is 0 Å². The molecule has 1 aromatic heterocycles. The topological polar surface area (TPSA) is 76.1 Å². The maximum atomic E-state index is 11.5. The maximum absolute atomic E-state index is 11.5. The average Bonchev–Trinajstić information content (AvgIpc) is 3.04. The Bertz CT molecular complexity index is 774. The summed E-state index contributed by atoms with van der Waals surface area (Å²) in [5.41, 5.74) is 5.65. The molecular weight excluding hydrogens is 364 g/mol. The number of esters is 1. The van der Waals surface area contributed by atoms with Crippen LogP contribution in [0.2, 0.25) is 0 Å². The van der Waals surface area contributed by atoms with Crippen LogP contribution in [0.25, 0.3) is 0 Å². The van der Waals surface area contributed by atoms with Gasteiger partial charge in [-0.05, 0) is 51.7 Å². The molecule has 0 aliphatic rings. The molecule has 1 aromatic carbocycles. The first-order valence-electron chi connectivity index (χ1n) is 8.81. The number of carbonyl (C=O) groups excluding carboxylic acids is 1. The van der Waals surface area contributed by atoms with E-state index < -0.39 is 0 Å². The van der Waals surface area contributed by atoms with E-state index in [2.05, 4.69) is 26.5 Å². The van der Waals surface area contributed by atoms with Gasteiger partial charge >= 0.3 is 5.97 Å². The quantitative estimate of drug-likeness (QED) is 0.382. The van der Waals surface area contributed by atoms with Gasteiger partial charge in [-0.25, -0.2) is 4.98 Å². The number of anilines is 1. The fourth-order valence-electron chi connectivity index (χ4n) is 2.40. The molecule has 27 heavy (non-hydrogen) atoms. The van der Waals surface area contributed by atoms with Gasteiger partial charge in [-0.15, -0.1) is 11.3 Å². The lowest BCUT2D eigenvalue weighted by molar-refractivity contribution is -0.142. The van der Waals surface area contributed by atoms with Crippen molar-refractivity contribution >= 4 is 28.7 Å². The highest BCUT2D eigenvalue weighted by Gasteiger charge is 2.08. The van der Waals surface area contributed by atoms with Gasteiger partial charge in [-0.3, -0.25) is 10.2 Å². The molecular formula is C19H26N4O3S. The summed E-state index contributed by atoms with van der Waals surface area (Å²) in [7, 11) is 4.04.